The number of benzene rings is 1. The molecular formula is C17H11N3O6S. The maximum atomic E-state index is 12.2. The van der Waals surface area contributed by atoms with Gasteiger partial charge in [-0.2, -0.15) is 0 Å². The van der Waals surface area contributed by atoms with E-state index in [1.807, 2.05) is 0 Å². The summed E-state index contributed by atoms with van der Waals surface area (Å²) >= 11 is 5.07. The number of nitrogens with one attached hydrogen (secondary N) is 1. The molecule has 0 saturated carbocycles. The number of rotatable bonds is 3. The first kappa shape index (κ1) is 18.1. The molecule has 0 spiro atoms. The number of hydrogen-bond donors (Lipinski definition) is 1. The minimum atomic E-state index is -0.864. The van der Waals surface area contributed by atoms with Crippen LogP contribution in [0.3, 0.4) is 0 Å². The van der Waals surface area contributed by atoms with E-state index in [0.717, 1.165) is 17.2 Å². The molecule has 0 aromatic heterocycles. The third kappa shape index (κ3) is 3.65. The number of cyclic esters (lactones) is 1. The molecule has 2 heterocycles. The summed E-state index contributed by atoms with van der Waals surface area (Å²) in [5.41, 5.74) is -0.0816. The van der Waals surface area contributed by atoms with Gasteiger partial charge in [-0.25, -0.2) is 4.79 Å². The average Bonchev–Trinajstić information content (AvgIpc) is 2.84. The van der Waals surface area contributed by atoms with E-state index in [9.17, 15) is 24.5 Å². The minimum Gasteiger partial charge on any atom is -0.427 e. The van der Waals surface area contributed by atoms with Crippen molar-refractivity contribution in [2.75, 3.05) is 0 Å². The second-order valence-electron chi connectivity index (χ2n) is 5.56. The maximum Gasteiger partial charge on any atom is 0.348 e. The van der Waals surface area contributed by atoms with E-state index in [0.29, 0.717) is 5.56 Å². The number of ketones is 1. The first-order valence-electron chi connectivity index (χ1n) is 7.53. The number of esters is 1. The number of thiocarbonyl (C=S) groups is 1. The molecule has 0 unspecified atom stereocenters. The molecule has 136 valence electrons. The maximum absolute atomic E-state index is 12.2. The molecule has 1 saturated heterocycles. The van der Waals surface area contributed by atoms with Gasteiger partial charge in [0.2, 0.25) is 0 Å². The van der Waals surface area contributed by atoms with Gasteiger partial charge >= 0.3 is 5.97 Å². The van der Waals surface area contributed by atoms with Gasteiger partial charge in [0.25, 0.3) is 11.6 Å². The Balaban J connectivity index is 2.03. The van der Waals surface area contributed by atoms with Gasteiger partial charge in [0, 0.05) is 24.4 Å². The zero-order valence-electron chi connectivity index (χ0n) is 13.8. The number of non-ortho nitro benzene ring substituents is 1. The van der Waals surface area contributed by atoms with E-state index in [1.165, 1.54) is 31.2 Å². The van der Waals surface area contributed by atoms with E-state index in [-0.39, 0.29) is 27.8 Å². The largest absolute Gasteiger partial charge is 0.427 e. The third-order valence-corrected chi connectivity index (χ3v) is 3.95. The summed E-state index contributed by atoms with van der Waals surface area (Å²) in [6.07, 6.45) is 3.61. The van der Waals surface area contributed by atoms with E-state index in [1.54, 1.807) is 6.07 Å². The Kier molecular flexibility index (Phi) is 4.65. The molecule has 1 N–H and O–H groups in total. The van der Waals surface area contributed by atoms with Gasteiger partial charge in [0.1, 0.15) is 17.0 Å². The highest BCUT2D eigenvalue weighted by Gasteiger charge is 2.32. The Labute approximate surface area is 157 Å². The van der Waals surface area contributed by atoms with Crippen LogP contribution >= 0.6 is 12.2 Å². The van der Waals surface area contributed by atoms with Crippen LogP contribution in [0.15, 0.2) is 53.6 Å². The van der Waals surface area contributed by atoms with Crippen LogP contribution in [0.2, 0.25) is 0 Å². The van der Waals surface area contributed by atoms with Crippen molar-refractivity contribution in [1.82, 2.24) is 10.2 Å². The van der Waals surface area contributed by atoms with Crippen molar-refractivity contribution < 1.29 is 24.0 Å². The summed E-state index contributed by atoms with van der Waals surface area (Å²) in [5.74, 6) is -1.86. The van der Waals surface area contributed by atoms with Gasteiger partial charge in [-0.1, -0.05) is 12.1 Å². The van der Waals surface area contributed by atoms with Crippen LogP contribution in [0, 0.1) is 10.1 Å². The first-order valence-corrected chi connectivity index (χ1v) is 7.94. The van der Waals surface area contributed by atoms with E-state index < -0.39 is 22.6 Å². The Bertz CT molecular complexity index is 1010. The molecule has 0 radical (unpaired) electrons. The third-order valence-electron chi connectivity index (χ3n) is 3.65. The molecule has 0 atom stereocenters. The molecule has 1 aromatic rings. The number of carbonyl (C=O) groups is 3. The van der Waals surface area contributed by atoms with Crippen LogP contribution in [0.25, 0.3) is 6.08 Å². The number of hydrogen-bond acceptors (Lipinski definition) is 7. The van der Waals surface area contributed by atoms with Gasteiger partial charge in [0.05, 0.1) is 4.92 Å². The minimum absolute atomic E-state index is 0.000118. The lowest BCUT2D eigenvalue weighted by molar-refractivity contribution is -0.384. The van der Waals surface area contributed by atoms with Gasteiger partial charge in [0.15, 0.2) is 10.9 Å². The summed E-state index contributed by atoms with van der Waals surface area (Å²) < 4.78 is 4.90. The Morgan fingerprint density at radius 1 is 1.30 bits per heavy atom. The summed E-state index contributed by atoms with van der Waals surface area (Å²) in [7, 11) is 0. The number of carbonyl (C=O) groups excluding carboxylic acids is 3. The second kappa shape index (κ2) is 6.92. The van der Waals surface area contributed by atoms with Gasteiger partial charge < -0.3 is 4.74 Å². The molecule has 0 bridgehead atoms. The van der Waals surface area contributed by atoms with Gasteiger partial charge in [-0.05, 0) is 30.8 Å². The number of nitrogens with zero attached hydrogens (tertiary/aromatic N) is 2. The lowest BCUT2D eigenvalue weighted by Gasteiger charge is -2.16. The van der Waals surface area contributed by atoms with Crippen molar-refractivity contribution in [3.63, 3.8) is 0 Å². The van der Waals surface area contributed by atoms with E-state index >= 15 is 0 Å². The SMILES string of the molecule is CC1=CC(=O)/C(=C\N2C(=S)NC(=O)/C2=C\c2cccc([N+](=O)[O-])c2)C(=O)O1. The lowest BCUT2D eigenvalue weighted by Crippen LogP contribution is -2.27. The predicted molar refractivity (Wildman–Crippen MR) is 96.6 cm³/mol. The summed E-state index contributed by atoms with van der Waals surface area (Å²) in [6, 6.07) is 5.62. The highest BCUT2D eigenvalue weighted by atomic mass is 32.1. The molecule has 9 nitrogen and oxygen atoms in total. The molecule has 2 aliphatic heterocycles. The van der Waals surface area contributed by atoms with Crippen molar-refractivity contribution >= 4 is 46.8 Å². The summed E-state index contributed by atoms with van der Waals surface area (Å²) in [4.78, 5) is 47.7. The zero-order valence-corrected chi connectivity index (χ0v) is 14.6. The van der Waals surface area contributed by atoms with Crippen molar-refractivity contribution in [3.8, 4) is 0 Å². The van der Waals surface area contributed by atoms with E-state index in [4.69, 9.17) is 17.0 Å². The fraction of sp³-hybridized carbons (Fsp3) is 0.0588. The molecule has 1 amide bonds. The van der Waals surface area contributed by atoms with E-state index in [2.05, 4.69) is 5.32 Å². The van der Waals surface area contributed by atoms with Crippen molar-refractivity contribution in [1.29, 1.82) is 0 Å². The molecule has 10 heteroatoms. The Morgan fingerprint density at radius 3 is 2.70 bits per heavy atom. The molecule has 27 heavy (non-hydrogen) atoms. The number of nitro groups is 1. The van der Waals surface area contributed by atoms with Crippen LogP contribution in [0.4, 0.5) is 5.69 Å². The van der Waals surface area contributed by atoms with Crippen molar-refractivity contribution in [2.45, 2.75) is 6.92 Å². The standard InChI is InChI=1S/C17H11N3O6S/c1-9-5-14(21)12(16(23)26-9)8-19-13(15(22)18-17(19)27)7-10-3-2-4-11(6-10)20(24)25/h2-8H,1H3,(H,18,22,27)/b12-8+,13-7+. The molecule has 0 aliphatic carbocycles. The summed E-state index contributed by atoms with van der Waals surface area (Å²) in [5, 5.41) is 13.3. The van der Waals surface area contributed by atoms with Crippen molar-refractivity contribution in [2.24, 2.45) is 0 Å². The topological polar surface area (TPSA) is 119 Å². The monoisotopic (exact) mass is 385 g/mol. The van der Waals surface area contributed by atoms with Crippen LogP contribution in [0.5, 0.6) is 0 Å². The smallest absolute Gasteiger partial charge is 0.348 e. The van der Waals surface area contributed by atoms with Crippen LogP contribution < -0.4 is 5.32 Å². The highest BCUT2D eigenvalue weighted by molar-refractivity contribution is 7.80. The molecule has 1 aromatic carbocycles. The fourth-order valence-corrected chi connectivity index (χ4v) is 2.67. The van der Waals surface area contributed by atoms with Crippen molar-refractivity contribution in [3.05, 3.63) is 69.2 Å². The van der Waals surface area contributed by atoms with Crippen LogP contribution in [-0.2, 0) is 19.1 Å². The number of amides is 1. The quantitative estimate of drug-likeness (QED) is 0.208. The zero-order chi connectivity index (χ0) is 19.7. The number of nitro benzene ring substituents is 1. The highest BCUT2D eigenvalue weighted by Crippen LogP contribution is 2.23. The van der Waals surface area contributed by atoms with Gasteiger partial charge in [-0.3, -0.25) is 29.9 Å². The fourth-order valence-electron chi connectivity index (χ4n) is 2.43. The number of ether oxygens (including phenoxy) is 1. The molecule has 3 rings (SSSR count). The predicted octanol–water partition coefficient (Wildman–Crippen LogP) is 1.57. The normalized spacial score (nSPS) is 20.0. The lowest BCUT2D eigenvalue weighted by atomic mass is 10.1. The molecular weight excluding hydrogens is 374 g/mol. The first-order chi connectivity index (χ1) is 12.8. The second-order valence-corrected chi connectivity index (χ2v) is 5.95. The van der Waals surface area contributed by atoms with Crippen LogP contribution in [-0.4, -0.2) is 32.6 Å². The average molecular weight is 385 g/mol. The summed E-state index contributed by atoms with van der Waals surface area (Å²) in [6.45, 7) is 1.46. The number of allylic oxidation sites excluding steroid dienone is 2. The van der Waals surface area contributed by atoms with Crippen LogP contribution in [0.1, 0.15) is 12.5 Å². The molecule has 1 fully saturated rings. The Morgan fingerprint density at radius 2 is 2.04 bits per heavy atom. The molecule has 2 aliphatic rings. The Hall–Kier alpha value is -3.66. The van der Waals surface area contributed by atoms with Gasteiger partial charge in [-0.15, -0.1) is 0 Å².